The van der Waals surface area contributed by atoms with E-state index in [1.54, 1.807) is 12.1 Å². The molecule has 10 heteroatoms. The summed E-state index contributed by atoms with van der Waals surface area (Å²) in [6.45, 7) is 3.65. The summed E-state index contributed by atoms with van der Waals surface area (Å²) in [5, 5.41) is 3.84. The number of amides is 1. The molecule has 4 rings (SSSR count). The summed E-state index contributed by atoms with van der Waals surface area (Å²) in [4.78, 5) is 27.0. The molecule has 8 nitrogen and oxygen atoms in total. The van der Waals surface area contributed by atoms with Gasteiger partial charge in [-0.3, -0.25) is 4.79 Å². The van der Waals surface area contributed by atoms with E-state index in [1.165, 1.54) is 30.0 Å². The third kappa shape index (κ3) is 4.63. The van der Waals surface area contributed by atoms with Crippen LogP contribution in [0.5, 0.6) is 11.5 Å². The van der Waals surface area contributed by atoms with Gasteiger partial charge in [-0.15, -0.1) is 0 Å². The van der Waals surface area contributed by atoms with E-state index in [0.29, 0.717) is 24.6 Å². The maximum absolute atomic E-state index is 14.3. The van der Waals surface area contributed by atoms with Gasteiger partial charge in [-0.05, 0) is 43.7 Å². The number of esters is 1. The minimum atomic E-state index is -0.865. The highest BCUT2D eigenvalue weighted by molar-refractivity contribution is 6.33. The second-order valence-electron chi connectivity index (χ2n) is 7.23. The molecule has 33 heavy (non-hydrogen) atoms. The minimum Gasteiger partial charge on any atom is -0.454 e. The molecule has 0 N–H and O–H groups in total. The number of carbonyl (C=O) groups is 2. The van der Waals surface area contributed by atoms with Gasteiger partial charge in [0.1, 0.15) is 22.8 Å². The van der Waals surface area contributed by atoms with Crippen molar-refractivity contribution in [1.29, 1.82) is 0 Å². The number of likely N-dealkylation sites (N-methyl/N-ethyl adjacent to an activating group) is 1. The van der Waals surface area contributed by atoms with E-state index < -0.39 is 24.3 Å². The number of nitrogens with zero attached hydrogens (tertiary/aromatic N) is 2. The summed E-state index contributed by atoms with van der Waals surface area (Å²) in [6, 6.07) is 9.51. The number of hydrogen-bond donors (Lipinski definition) is 0. The lowest BCUT2D eigenvalue weighted by Gasteiger charge is -2.21. The molecule has 0 atom stereocenters. The molecule has 1 aliphatic heterocycles. The van der Waals surface area contributed by atoms with Gasteiger partial charge >= 0.3 is 5.97 Å². The van der Waals surface area contributed by atoms with Crippen LogP contribution in [-0.4, -0.2) is 41.9 Å². The molecule has 0 fully saturated rings. The third-order valence-electron chi connectivity index (χ3n) is 5.14. The molecule has 3 aromatic rings. The minimum absolute atomic E-state index is 0.0642. The van der Waals surface area contributed by atoms with Gasteiger partial charge in [0.15, 0.2) is 18.1 Å². The molecule has 0 saturated carbocycles. The molecule has 0 unspecified atom stereocenters. The number of hydrogen-bond acceptors (Lipinski definition) is 7. The van der Waals surface area contributed by atoms with Gasteiger partial charge in [0.2, 0.25) is 6.79 Å². The van der Waals surface area contributed by atoms with Crippen molar-refractivity contribution < 1.29 is 32.7 Å². The lowest BCUT2D eigenvalue weighted by molar-refractivity contribution is -0.134. The highest BCUT2D eigenvalue weighted by Crippen LogP contribution is 2.34. The first-order valence-corrected chi connectivity index (χ1v) is 10.5. The molecule has 0 aliphatic carbocycles. The second-order valence-corrected chi connectivity index (χ2v) is 7.64. The normalized spacial score (nSPS) is 12.0. The predicted molar refractivity (Wildman–Crippen MR) is 116 cm³/mol. The summed E-state index contributed by atoms with van der Waals surface area (Å²) in [7, 11) is 0. The second kappa shape index (κ2) is 9.50. The van der Waals surface area contributed by atoms with Crippen LogP contribution in [0.4, 0.5) is 4.39 Å². The van der Waals surface area contributed by atoms with Gasteiger partial charge in [-0.1, -0.05) is 28.9 Å². The summed E-state index contributed by atoms with van der Waals surface area (Å²) in [5.74, 6) is -0.545. The Morgan fingerprint density at radius 2 is 2.00 bits per heavy atom. The highest BCUT2D eigenvalue weighted by Gasteiger charge is 2.27. The highest BCUT2D eigenvalue weighted by atomic mass is 35.5. The molecule has 0 saturated heterocycles. The summed E-state index contributed by atoms with van der Waals surface area (Å²) >= 11 is 6.10. The quantitative estimate of drug-likeness (QED) is 0.469. The molecular formula is C23H20ClFN2O6. The molecule has 0 radical (unpaired) electrons. The van der Waals surface area contributed by atoms with Crippen molar-refractivity contribution in [2.75, 3.05) is 19.9 Å². The van der Waals surface area contributed by atoms with E-state index in [1.807, 2.05) is 13.0 Å². The van der Waals surface area contributed by atoms with Crippen LogP contribution in [0.1, 0.15) is 28.6 Å². The van der Waals surface area contributed by atoms with Crippen LogP contribution in [0.3, 0.4) is 0 Å². The van der Waals surface area contributed by atoms with Gasteiger partial charge in [-0.2, -0.15) is 0 Å². The fourth-order valence-electron chi connectivity index (χ4n) is 3.43. The Balaban J connectivity index is 1.45. The van der Waals surface area contributed by atoms with Gasteiger partial charge in [-0.25, -0.2) is 9.18 Å². The molecule has 1 amide bonds. The number of carbonyl (C=O) groups excluding carboxylic acids is 2. The van der Waals surface area contributed by atoms with Crippen molar-refractivity contribution in [2.24, 2.45) is 0 Å². The van der Waals surface area contributed by atoms with Crippen molar-refractivity contribution in [2.45, 2.75) is 20.4 Å². The molecule has 1 aliphatic rings. The monoisotopic (exact) mass is 474 g/mol. The van der Waals surface area contributed by atoms with Crippen LogP contribution < -0.4 is 9.47 Å². The topological polar surface area (TPSA) is 91.1 Å². The maximum atomic E-state index is 14.3. The summed E-state index contributed by atoms with van der Waals surface area (Å²) in [5.41, 5.74) is 0.591. The molecule has 1 aromatic heterocycles. The molecule has 172 valence electrons. The van der Waals surface area contributed by atoms with Crippen molar-refractivity contribution in [3.8, 4) is 22.8 Å². The molecule has 2 aromatic carbocycles. The first-order valence-electron chi connectivity index (χ1n) is 10.1. The zero-order valence-corrected chi connectivity index (χ0v) is 18.6. The van der Waals surface area contributed by atoms with E-state index in [-0.39, 0.29) is 34.4 Å². The van der Waals surface area contributed by atoms with Crippen LogP contribution in [0.2, 0.25) is 5.02 Å². The van der Waals surface area contributed by atoms with Crippen molar-refractivity contribution in [3.63, 3.8) is 0 Å². The fraction of sp³-hybridized carbons (Fsp3) is 0.261. The number of aromatic nitrogens is 1. The zero-order chi connectivity index (χ0) is 23.5. The van der Waals surface area contributed by atoms with E-state index >= 15 is 0 Å². The lowest BCUT2D eigenvalue weighted by atomic mass is 10.1. The van der Waals surface area contributed by atoms with Crippen LogP contribution in [-0.2, 0) is 16.1 Å². The molecule has 2 heterocycles. The standard InChI is InChI=1S/C23H20ClFN2O6/c1-3-27(10-14-7-8-17-18(9-14)32-12-31-17)19(28)11-30-23(29)20-13(2)33-26-22(20)21-15(24)5-4-6-16(21)25/h4-9H,3,10-12H2,1-2H3. The average Bonchev–Trinajstić information content (AvgIpc) is 3.41. The van der Waals surface area contributed by atoms with Gasteiger partial charge < -0.3 is 23.6 Å². The fourth-order valence-corrected chi connectivity index (χ4v) is 3.69. The van der Waals surface area contributed by atoms with Crippen molar-refractivity contribution >= 4 is 23.5 Å². The van der Waals surface area contributed by atoms with Gasteiger partial charge in [0.25, 0.3) is 5.91 Å². The number of aryl methyl sites for hydroxylation is 1. The Labute approximate surface area is 193 Å². The van der Waals surface area contributed by atoms with Crippen molar-refractivity contribution in [3.05, 3.63) is 64.1 Å². The van der Waals surface area contributed by atoms with Gasteiger partial charge in [0, 0.05) is 13.1 Å². The molecule has 0 bridgehead atoms. The van der Waals surface area contributed by atoms with E-state index in [4.69, 9.17) is 30.3 Å². The van der Waals surface area contributed by atoms with Crippen molar-refractivity contribution in [1.82, 2.24) is 10.1 Å². The van der Waals surface area contributed by atoms with Crippen LogP contribution in [0.15, 0.2) is 40.9 Å². The first-order chi connectivity index (χ1) is 15.9. The average molecular weight is 475 g/mol. The zero-order valence-electron chi connectivity index (χ0n) is 17.9. The molecule has 0 spiro atoms. The molecular weight excluding hydrogens is 455 g/mol. The van der Waals surface area contributed by atoms with E-state index in [2.05, 4.69) is 5.16 Å². The lowest BCUT2D eigenvalue weighted by Crippen LogP contribution is -2.34. The number of halogens is 2. The number of fused-ring (bicyclic) bond motifs is 1. The maximum Gasteiger partial charge on any atom is 0.344 e. The third-order valence-corrected chi connectivity index (χ3v) is 5.45. The SMILES string of the molecule is CCN(Cc1ccc2c(c1)OCO2)C(=O)COC(=O)c1c(-c2c(F)cccc2Cl)noc1C. The first kappa shape index (κ1) is 22.6. The number of rotatable bonds is 7. The Bertz CT molecular complexity index is 1190. The smallest absolute Gasteiger partial charge is 0.344 e. The van der Waals surface area contributed by atoms with E-state index in [0.717, 1.165) is 5.56 Å². The predicted octanol–water partition coefficient (Wildman–Crippen LogP) is 4.38. The van der Waals surface area contributed by atoms with Gasteiger partial charge in [0.05, 0.1) is 10.6 Å². The van der Waals surface area contributed by atoms with Crippen LogP contribution >= 0.6 is 11.6 Å². The largest absolute Gasteiger partial charge is 0.454 e. The van der Waals surface area contributed by atoms with Crippen LogP contribution in [0, 0.1) is 12.7 Å². The summed E-state index contributed by atoms with van der Waals surface area (Å²) < 4.78 is 35.3. The van der Waals surface area contributed by atoms with E-state index in [9.17, 15) is 14.0 Å². The number of benzene rings is 2. The summed E-state index contributed by atoms with van der Waals surface area (Å²) in [6.07, 6.45) is 0. The number of ether oxygens (including phenoxy) is 3. The Morgan fingerprint density at radius 1 is 1.21 bits per heavy atom. The Morgan fingerprint density at radius 3 is 2.76 bits per heavy atom. The Hall–Kier alpha value is -3.59. The van der Waals surface area contributed by atoms with Crippen LogP contribution in [0.25, 0.3) is 11.3 Å². The Kier molecular flexibility index (Phi) is 6.50.